The van der Waals surface area contributed by atoms with Crippen molar-refractivity contribution >= 4 is 34.4 Å². The summed E-state index contributed by atoms with van der Waals surface area (Å²) < 4.78 is 36.8. The number of morpholine rings is 1. The maximum Gasteiger partial charge on any atom is 0.350 e. The van der Waals surface area contributed by atoms with E-state index in [-0.39, 0.29) is 35.8 Å². The molecule has 3 fully saturated rings. The number of rotatable bonds is 5. The number of carbonyl (C=O) groups is 1. The third-order valence-corrected chi connectivity index (χ3v) is 10.7. The highest BCUT2D eigenvalue weighted by Crippen LogP contribution is 2.47. The molecule has 0 saturated carbocycles. The molecule has 0 aliphatic carbocycles. The van der Waals surface area contributed by atoms with Crippen LogP contribution in [0.5, 0.6) is 0 Å². The van der Waals surface area contributed by atoms with E-state index in [4.69, 9.17) is 9.72 Å². The van der Waals surface area contributed by atoms with Gasteiger partial charge in [-0.3, -0.25) is 14.3 Å². The molecule has 4 aliphatic heterocycles. The number of carbonyl (C=O) groups excluding carboxylic acids is 1. The fourth-order valence-corrected chi connectivity index (χ4v) is 9.01. The number of fused-ring (bicyclic) bond motifs is 2. The minimum absolute atomic E-state index is 0.119. The number of piperazine rings is 1. The number of benzene rings is 2. The van der Waals surface area contributed by atoms with Gasteiger partial charge in [0.1, 0.15) is 17.5 Å². The van der Waals surface area contributed by atoms with Crippen LogP contribution in [0.3, 0.4) is 0 Å². The van der Waals surface area contributed by atoms with E-state index in [2.05, 4.69) is 16.4 Å². The number of likely N-dealkylation sites (tertiary alicyclic amines) is 1. The Hall–Kier alpha value is -3.28. The summed E-state index contributed by atoms with van der Waals surface area (Å²) in [7, 11) is 0. The average Bonchev–Trinajstić information content (AvgIpc) is 3.59. The Bertz CT molecular complexity index is 1700. The summed E-state index contributed by atoms with van der Waals surface area (Å²) >= 11 is 1.63. The Kier molecular flexibility index (Phi) is 7.10. The van der Waals surface area contributed by atoms with Crippen LogP contribution >= 0.6 is 11.8 Å². The molecule has 0 N–H and O–H groups in total. The molecule has 226 valence electrons. The summed E-state index contributed by atoms with van der Waals surface area (Å²) in [6, 6.07) is 5.63. The van der Waals surface area contributed by atoms with Gasteiger partial charge in [-0.25, -0.2) is 13.6 Å². The van der Waals surface area contributed by atoms with Crippen LogP contribution < -0.4 is 10.6 Å². The molecule has 0 spiro atoms. The highest BCUT2D eigenvalue weighted by molar-refractivity contribution is 7.99. The SMILES string of the molecule is C=CC(=O)N1[C@H](C)CN(c2nc(=O)n3c4c(c(-c5ccc(F)cc5F)c(C)cc24)SC[C@@H]3CN2C[C@@H]3C[C@H]2CO3)C[C@@H]1C. The third kappa shape index (κ3) is 4.67. The quantitative estimate of drug-likeness (QED) is 0.399. The highest BCUT2D eigenvalue weighted by atomic mass is 32.2. The lowest BCUT2D eigenvalue weighted by Crippen LogP contribution is -2.58. The number of nitrogens with zero attached hydrogens (tertiary/aromatic N) is 5. The van der Waals surface area contributed by atoms with E-state index in [0.29, 0.717) is 55.0 Å². The first kappa shape index (κ1) is 28.5. The minimum Gasteiger partial charge on any atom is -0.375 e. The molecular weight excluding hydrogens is 572 g/mol. The van der Waals surface area contributed by atoms with Gasteiger partial charge in [0.05, 0.1) is 24.3 Å². The van der Waals surface area contributed by atoms with Crippen LogP contribution in [0.4, 0.5) is 14.6 Å². The van der Waals surface area contributed by atoms with E-state index in [1.54, 1.807) is 11.8 Å². The van der Waals surface area contributed by atoms with Crippen molar-refractivity contribution < 1.29 is 18.3 Å². The zero-order valence-corrected chi connectivity index (χ0v) is 25.4. The molecule has 5 atom stereocenters. The highest BCUT2D eigenvalue weighted by Gasteiger charge is 2.41. The lowest BCUT2D eigenvalue weighted by atomic mass is 9.96. The monoisotopic (exact) mass is 607 g/mol. The van der Waals surface area contributed by atoms with Crippen molar-refractivity contribution in [1.29, 1.82) is 0 Å². The number of aryl methyl sites for hydroxylation is 1. The van der Waals surface area contributed by atoms with E-state index < -0.39 is 11.6 Å². The predicted molar refractivity (Wildman–Crippen MR) is 164 cm³/mol. The molecule has 4 aliphatic rings. The van der Waals surface area contributed by atoms with Gasteiger partial charge in [0, 0.05) is 77.5 Å². The minimum atomic E-state index is -0.636. The summed E-state index contributed by atoms with van der Waals surface area (Å²) in [4.78, 5) is 38.5. The summed E-state index contributed by atoms with van der Waals surface area (Å²) in [5, 5.41) is 0.824. The number of aromatic nitrogens is 2. The first-order valence-electron chi connectivity index (χ1n) is 14.9. The number of amides is 1. The van der Waals surface area contributed by atoms with Gasteiger partial charge in [0.2, 0.25) is 5.91 Å². The fraction of sp³-hybridized carbons (Fsp3) is 0.469. The fourth-order valence-electron chi connectivity index (χ4n) is 7.63. The van der Waals surface area contributed by atoms with Crippen LogP contribution in [0, 0.1) is 18.6 Å². The summed E-state index contributed by atoms with van der Waals surface area (Å²) in [5.74, 6) is -0.181. The maximum absolute atomic E-state index is 15.3. The smallest absolute Gasteiger partial charge is 0.350 e. The molecule has 0 radical (unpaired) electrons. The Balaban J connectivity index is 1.39. The summed E-state index contributed by atoms with van der Waals surface area (Å²) in [6.45, 7) is 12.8. The lowest BCUT2D eigenvalue weighted by molar-refractivity contribution is -0.130. The van der Waals surface area contributed by atoms with Crippen molar-refractivity contribution in [3.63, 3.8) is 0 Å². The van der Waals surface area contributed by atoms with Gasteiger partial charge >= 0.3 is 5.69 Å². The molecule has 1 amide bonds. The molecule has 43 heavy (non-hydrogen) atoms. The molecule has 8 nitrogen and oxygen atoms in total. The van der Waals surface area contributed by atoms with Gasteiger partial charge in [-0.05, 0) is 57.0 Å². The van der Waals surface area contributed by atoms with Crippen LogP contribution in [-0.2, 0) is 9.53 Å². The first-order chi connectivity index (χ1) is 20.6. The number of thioether (sulfide) groups is 1. The number of hydrogen-bond acceptors (Lipinski definition) is 7. The summed E-state index contributed by atoms with van der Waals surface area (Å²) in [5.41, 5.74) is 2.21. The van der Waals surface area contributed by atoms with Crippen molar-refractivity contribution in [2.45, 2.75) is 62.4 Å². The maximum atomic E-state index is 15.3. The molecule has 1 aromatic heterocycles. The van der Waals surface area contributed by atoms with Crippen molar-refractivity contribution in [3.8, 4) is 11.1 Å². The van der Waals surface area contributed by atoms with Gasteiger partial charge in [0.25, 0.3) is 0 Å². The van der Waals surface area contributed by atoms with Crippen LogP contribution in [0.2, 0.25) is 0 Å². The molecule has 7 rings (SSSR count). The number of ether oxygens (including phenoxy) is 1. The van der Waals surface area contributed by atoms with E-state index in [0.717, 1.165) is 40.4 Å². The molecule has 11 heteroatoms. The predicted octanol–water partition coefficient (Wildman–Crippen LogP) is 4.38. The lowest BCUT2D eigenvalue weighted by Gasteiger charge is -2.45. The Morgan fingerprint density at radius 1 is 1.19 bits per heavy atom. The van der Waals surface area contributed by atoms with Crippen molar-refractivity contribution in [3.05, 3.63) is 64.6 Å². The summed E-state index contributed by atoms with van der Waals surface area (Å²) in [6.07, 6.45) is 2.60. The Morgan fingerprint density at radius 2 is 1.95 bits per heavy atom. The third-order valence-electron chi connectivity index (χ3n) is 9.43. The van der Waals surface area contributed by atoms with Crippen LogP contribution in [-0.4, -0.2) is 88.0 Å². The second kappa shape index (κ2) is 10.7. The number of halogens is 2. The van der Waals surface area contributed by atoms with Gasteiger partial charge in [0.15, 0.2) is 0 Å². The van der Waals surface area contributed by atoms with E-state index in [1.165, 1.54) is 18.2 Å². The zero-order valence-electron chi connectivity index (χ0n) is 24.6. The molecule has 5 heterocycles. The number of hydrogen-bond donors (Lipinski definition) is 0. The topological polar surface area (TPSA) is 70.9 Å². The molecule has 0 unspecified atom stereocenters. The molecule has 3 saturated heterocycles. The molecular formula is C32H35F2N5O3S. The molecule has 2 bridgehead atoms. The second-order valence-electron chi connectivity index (χ2n) is 12.3. The van der Waals surface area contributed by atoms with Gasteiger partial charge in [-0.1, -0.05) is 6.58 Å². The van der Waals surface area contributed by atoms with Gasteiger partial charge in [-0.2, -0.15) is 4.98 Å². The van der Waals surface area contributed by atoms with Crippen LogP contribution in [0.1, 0.15) is 31.9 Å². The first-order valence-corrected chi connectivity index (χ1v) is 15.9. The standard InChI is InChI=1S/C32H35F2N5O3S/c1-5-27(40)38-18(3)11-37(12-19(38)4)31-25-8-17(2)28(24-7-6-20(33)9-26(24)34)30-29(25)39(32(41)35-31)22(16-43-30)13-36-14-23-10-21(36)15-42-23/h5-9,18-19,21-23H,1,10-16H2,2-4H3/t18-,19+,21-,22-,23-/m0/s1. The normalized spacial score (nSPS) is 26.9. The zero-order chi connectivity index (χ0) is 30.2. The largest absolute Gasteiger partial charge is 0.375 e. The molecule has 3 aromatic rings. The van der Waals surface area contributed by atoms with Gasteiger partial charge in [-0.15, -0.1) is 11.8 Å². The van der Waals surface area contributed by atoms with Crippen molar-refractivity contribution in [1.82, 2.24) is 19.4 Å². The van der Waals surface area contributed by atoms with E-state index in [1.807, 2.05) is 36.3 Å². The Labute approximate surface area is 253 Å². The van der Waals surface area contributed by atoms with Crippen molar-refractivity contribution in [2.24, 2.45) is 0 Å². The van der Waals surface area contributed by atoms with Crippen LogP contribution in [0.25, 0.3) is 22.0 Å². The average molecular weight is 608 g/mol. The second-order valence-corrected chi connectivity index (χ2v) is 13.4. The Morgan fingerprint density at radius 3 is 2.60 bits per heavy atom. The molecule has 2 aromatic carbocycles. The van der Waals surface area contributed by atoms with Crippen molar-refractivity contribution in [2.75, 3.05) is 43.4 Å². The van der Waals surface area contributed by atoms with Crippen LogP contribution in [0.15, 0.2) is 46.6 Å². The van der Waals surface area contributed by atoms with E-state index in [9.17, 15) is 14.0 Å². The number of anilines is 1. The van der Waals surface area contributed by atoms with Gasteiger partial charge < -0.3 is 14.5 Å². The van der Waals surface area contributed by atoms with E-state index >= 15 is 4.39 Å².